The number of ether oxygens (including phenoxy) is 2. The molecule has 3 nitrogen and oxygen atoms in total. The standard InChI is InChI=1S/C17H16BrNO2/c1-13-12-16(6-7-17(13)18)21-11-10-20-15-4-2-14(3-5-15)8-9-19/h2-7,12H,8,10-11H2,1H3. The van der Waals surface area contributed by atoms with Gasteiger partial charge in [0.05, 0.1) is 12.5 Å². The highest BCUT2D eigenvalue weighted by molar-refractivity contribution is 9.10. The number of halogens is 1. The summed E-state index contributed by atoms with van der Waals surface area (Å²) in [5.74, 6) is 1.62. The van der Waals surface area contributed by atoms with Gasteiger partial charge in [-0.1, -0.05) is 28.1 Å². The summed E-state index contributed by atoms with van der Waals surface area (Å²) in [6.07, 6.45) is 0.423. The molecule has 0 amide bonds. The largest absolute Gasteiger partial charge is 0.490 e. The van der Waals surface area contributed by atoms with Crippen LogP contribution in [0.1, 0.15) is 11.1 Å². The Bertz CT molecular complexity index is 632. The summed E-state index contributed by atoms with van der Waals surface area (Å²) in [5, 5.41) is 8.61. The fourth-order valence-electron chi connectivity index (χ4n) is 1.82. The van der Waals surface area contributed by atoms with Crippen LogP contribution in [0.15, 0.2) is 46.9 Å². The molecule has 2 aromatic rings. The maximum Gasteiger partial charge on any atom is 0.122 e. The zero-order chi connectivity index (χ0) is 15.1. The summed E-state index contributed by atoms with van der Waals surface area (Å²) >= 11 is 3.46. The molecule has 0 radical (unpaired) electrons. The lowest BCUT2D eigenvalue weighted by atomic mass is 10.2. The Balaban J connectivity index is 1.76. The highest BCUT2D eigenvalue weighted by atomic mass is 79.9. The van der Waals surface area contributed by atoms with Gasteiger partial charge in [0.2, 0.25) is 0 Å². The van der Waals surface area contributed by atoms with Crippen molar-refractivity contribution in [3.8, 4) is 17.6 Å². The minimum atomic E-state index is 0.423. The molecule has 2 rings (SSSR count). The molecular weight excluding hydrogens is 330 g/mol. The topological polar surface area (TPSA) is 42.2 Å². The Hall–Kier alpha value is -1.99. The van der Waals surface area contributed by atoms with Crippen LogP contribution in [0.2, 0.25) is 0 Å². The fraction of sp³-hybridized carbons (Fsp3) is 0.235. The molecule has 0 fully saturated rings. The maximum atomic E-state index is 8.61. The second-order valence-corrected chi connectivity index (χ2v) is 5.44. The molecule has 0 aliphatic carbocycles. The van der Waals surface area contributed by atoms with E-state index in [2.05, 4.69) is 22.0 Å². The normalized spacial score (nSPS) is 9.95. The van der Waals surface area contributed by atoms with Crippen LogP contribution in [-0.4, -0.2) is 13.2 Å². The SMILES string of the molecule is Cc1cc(OCCOc2ccc(CC#N)cc2)ccc1Br. The van der Waals surface area contributed by atoms with Crippen molar-refractivity contribution in [2.45, 2.75) is 13.3 Å². The molecule has 0 unspecified atom stereocenters. The molecule has 108 valence electrons. The third-order valence-electron chi connectivity index (χ3n) is 2.96. The predicted molar refractivity (Wildman–Crippen MR) is 85.6 cm³/mol. The number of aryl methyl sites for hydroxylation is 1. The molecule has 0 aliphatic heterocycles. The minimum absolute atomic E-state index is 0.423. The number of hydrogen-bond donors (Lipinski definition) is 0. The van der Waals surface area contributed by atoms with Crippen molar-refractivity contribution in [3.63, 3.8) is 0 Å². The summed E-state index contributed by atoms with van der Waals surface area (Å²) in [5.41, 5.74) is 2.13. The Labute approximate surface area is 133 Å². The van der Waals surface area contributed by atoms with Gasteiger partial charge in [-0.25, -0.2) is 0 Å². The number of nitriles is 1. The molecule has 0 heterocycles. The zero-order valence-corrected chi connectivity index (χ0v) is 13.4. The number of benzene rings is 2. The summed E-state index contributed by atoms with van der Waals surface area (Å²) < 4.78 is 12.3. The van der Waals surface area contributed by atoms with Crippen molar-refractivity contribution in [1.82, 2.24) is 0 Å². The molecule has 0 spiro atoms. The Morgan fingerprint density at radius 1 is 1.00 bits per heavy atom. The van der Waals surface area contributed by atoms with E-state index in [0.29, 0.717) is 19.6 Å². The molecule has 2 aromatic carbocycles. The third-order valence-corrected chi connectivity index (χ3v) is 3.85. The molecule has 0 saturated heterocycles. The van der Waals surface area contributed by atoms with Crippen LogP contribution in [0.5, 0.6) is 11.5 Å². The van der Waals surface area contributed by atoms with Crippen molar-refractivity contribution >= 4 is 15.9 Å². The Kier molecular flexibility index (Phi) is 5.65. The van der Waals surface area contributed by atoms with Crippen LogP contribution in [0.3, 0.4) is 0 Å². The second-order valence-electron chi connectivity index (χ2n) is 4.59. The summed E-state index contributed by atoms with van der Waals surface area (Å²) in [6, 6.07) is 15.5. The molecule has 0 atom stereocenters. The van der Waals surface area contributed by atoms with Crippen molar-refractivity contribution in [2.24, 2.45) is 0 Å². The van der Waals surface area contributed by atoms with Gasteiger partial charge >= 0.3 is 0 Å². The first-order valence-electron chi connectivity index (χ1n) is 6.66. The predicted octanol–water partition coefficient (Wildman–Crippen LogP) is 4.28. The zero-order valence-electron chi connectivity index (χ0n) is 11.8. The van der Waals surface area contributed by atoms with Crippen molar-refractivity contribution < 1.29 is 9.47 Å². The molecule has 0 aliphatic rings. The summed E-state index contributed by atoms with van der Waals surface area (Å²) in [4.78, 5) is 0. The van der Waals surface area contributed by atoms with E-state index in [9.17, 15) is 0 Å². The van der Waals surface area contributed by atoms with E-state index < -0.39 is 0 Å². The molecular formula is C17H16BrNO2. The van der Waals surface area contributed by atoms with Gasteiger partial charge in [0.15, 0.2) is 0 Å². The lowest BCUT2D eigenvalue weighted by Crippen LogP contribution is -2.09. The maximum absolute atomic E-state index is 8.61. The van der Waals surface area contributed by atoms with E-state index in [1.54, 1.807) is 0 Å². The molecule has 4 heteroatoms. The highest BCUT2D eigenvalue weighted by Crippen LogP contribution is 2.21. The molecule has 21 heavy (non-hydrogen) atoms. The van der Waals surface area contributed by atoms with E-state index >= 15 is 0 Å². The van der Waals surface area contributed by atoms with E-state index in [4.69, 9.17) is 14.7 Å². The first-order chi connectivity index (χ1) is 10.2. The van der Waals surface area contributed by atoms with Crippen LogP contribution >= 0.6 is 15.9 Å². The van der Waals surface area contributed by atoms with Gasteiger partial charge in [0.25, 0.3) is 0 Å². The van der Waals surface area contributed by atoms with Crippen LogP contribution < -0.4 is 9.47 Å². The van der Waals surface area contributed by atoms with Crippen LogP contribution in [0, 0.1) is 18.3 Å². The molecule has 0 saturated carbocycles. The Morgan fingerprint density at radius 2 is 1.62 bits per heavy atom. The highest BCUT2D eigenvalue weighted by Gasteiger charge is 1.99. The lowest BCUT2D eigenvalue weighted by Gasteiger charge is -2.09. The van der Waals surface area contributed by atoms with Gasteiger partial charge in [-0.2, -0.15) is 5.26 Å². The first kappa shape index (κ1) is 15.4. The Morgan fingerprint density at radius 3 is 2.24 bits per heavy atom. The average molecular weight is 346 g/mol. The van der Waals surface area contributed by atoms with E-state index in [-0.39, 0.29) is 0 Å². The smallest absolute Gasteiger partial charge is 0.122 e. The van der Waals surface area contributed by atoms with Gasteiger partial charge in [-0.05, 0) is 48.4 Å². The van der Waals surface area contributed by atoms with Gasteiger partial charge in [-0.15, -0.1) is 0 Å². The van der Waals surface area contributed by atoms with Crippen LogP contribution in [0.4, 0.5) is 0 Å². The van der Waals surface area contributed by atoms with Gasteiger partial charge in [0, 0.05) is 4.47 Å². The average Bonchev–Trinajstić information content (AvgIpc) is 2.49. The van der Waals surface area contributed by atoms with Crippen LogP contribution in [0.25, 0.3) is 0 Å². The quantitative estimate of drug-likeness (QED) is 0.733. The number of rotatable bonds is 6. The lowest BCUT2D eigenvalue weighted by molar-refractivity contribution is 0.217. The number of nitrogens with zero attached hydrogens (tertiary/aromatic N) is 1. The summed E-state index contributed by atoms with van der Waals surface area (Å²) in [6.45, 7) is 2.99. The molecule has 0 aromatic heterocycles. The third kappa shape index (κ3) is 4.80. The number of hydrogen-bond acceptors (Lipinski definition) is 3. The van der Waals surface area contributed by atoms with E-state index in [1.165, 1.54) is 0 Å². The summed E-state index contributed by atoms with van der Waals surface area (Å²) in [7, 11) is 0. The molecule has 0 N–H and O–H groups in total. The first-order valence-corrected chi connectivity index (χ1v) is 7.46. The molecule has 0 bridgehead atoms. The van der Waals surface area contributed by atoms with Gasteiger partial charge in [-0.3, -0.25) is 0 Å². The van der Waals surface area contributed by atoms with Gasteiger partial charge < -0.3 is 9.47 Å². The van der Waals surface area contributed by atoms with Crippen molar-refractivity contribution in [2.75, 3.05) is 13.2 Å². The van der Waals surface area contributed by atoms with Crippen molar-refractivity contribution in [1.29, 1.82) is 5.26 Å². The van der Waals surface area contributed by atoms with Crippen LogP contribution in [-0.2, 0) is 6.42 Å². The van der Waals surface area contributed by atoms with Crippen molar-refractivity contribution in [3.05, 3.63) is 58.1 Å². The monoisotopic (exact) mass is 345 g/mol. The van der Waals surface area contributed by atoms with Gasteiger partial charge in [0.1, 0.15) is 24.7 Å². The van der Waals surface area contributed by atoms with E-state index in [0.717, 1.165) is 27.1 Å². The minimum Gasteiger partial charge on any atom is -0.490 e. The van der Waals surface area contributed by atoms with E-state index in [1.807, 2.05) is 49.4 Å². The fourth-order valence-corrected chi connectivity index (χ4v) is 2.07. The second kappa shape index (κ2) is 7.70.